The van der Waals surface area contributed by atoms with Crippen LogP contribution in [-0.4, -0.2) is 29.2 Å². The lowest BCUT2D eigenvalue weighted by atomic mass is 9.63. The second kappa shape index (κ2) is 4.83. The van der Waals surface area contributed by atoms with Gasteiger partial charge in [0.1, 0.15) is 5.69 Å². The first-order chi connectivity index (χ1) is 11.6. The van der Waals surface area contributed by atoms with Gasteiger partial charge in [0.2, 0.25) is 5.91 Å². The molecule has 1 aromatic carbocycles. The van der Waals surface area contributed by atoms with Crippen molar-refractivity contribution in [2.24, 2.45) is 0 Å². The number of nitrogens with zero attached hydrogens (tertiary/aromatic N) is 1. The maximum absolute atomic E-state index is 12.5. The molecule has 0 radical (unpaired) electrons. The van der Waals surface area contributed by atoms with Crippen molar-refractivity contribution >= 4 is 29.9 Å². The van der Waals surface area contributed by atoms with E-state index < -0.39 is 28.7 Å². The summed E-state index contributed by atoms with van der Waals surface area (Å²) in [5.41, 5.74) is -0.162. The third-order valence-electron chi connectivity index (χ3n) is 6.26. The van der Waals surface area contributed by atoms with Gasteiger partial charge in [-0.3, -0.25) is 14.9 Å². The van der Waals surface area contributed by atoms with Crippen LogP contribution in [0.15, 0.2) is 12.1 Å². The molecule has 4 rings (SSSR count). The van der Waals surface area contributed by atoms with Gasteiger partial charge >= 0.3 is 7.12 Å². The van der Waals surface area contributed by atoms with Crippen LogP contribution in [0.3, 0.4) is 0 Å². The van der Waals surface area contributed by atoms with Crippen LogP contribution in [0.5, 0.6) is 0 Å². The zero-order chi connectivity index (χ0) is 18.2. The van der Waals surface area contributed by atoms with Crippen molar-refractivity contribution in [3.05, 3.63) is 27.8 Å². The first-order valence-electron chi connectivity index (χ1n) is 8.57. The lowest BCUT2D eigenvalue weighted by molar-refractivity contribution is -0.383. The number of nitrogens with one attached hydrogen (secondary N) is 1. The summed E-state index contributed by atoms with van der Waals surface area (Å²) in [7, 11) is -0.693. The molecule has 25 heavy (non-hydrogen) atoms. The summed E-state index contributed by atoms with van der Waals surface area (Å²) in [6.45, 7) is 7.75. The lowest BCUT2D eigenvalue weighted by Crippen LogP contribution is -2.42. The van der Waals surface area contributed by atoms with Gasteiger partial charge in [-0.2, -0.15) is 0 Å². The molecule has 2 heterocycles. The van der Waals surface area contributed by atoms with Gasteiger partial charge in [-0.1, -0.05) is 12.5 Å². The number of benzene rings is 1. The highest BCUT2D eigenvalue weighted by Crippen LogP contribution is 2.53. The Morgan fingerprint density at radius 1 is 1.16 bits per heavy atom. The van der Waals surface area contributed by atoms with Crippen molar-refractivity contribution in [2.45, 2.75) is 63.6 Å². The topological polar surface area (TPSA) is 90.7 Å². The summed E-state index contributed by atoms with van der Waals surface area (Å²) in [6, 6.07) is 3.31. The number of amides is 1. The second-order valence-corrected chi connectivity index (χ2v) is 8.20. The molecule has 8 heteroatoms. The van der Waals surface area contributed by atoms with E-state index in [0.29, 0.717) is 16.7 Å². The van der Waals surface area contributed by atoms with Crippen molar-refractivity contribution in [1.82, 2.24) is 0 Å². The largest absolute Gasteiger partial charge is 0.495 e. The molecule has 7 nitrogen and oxygen atoms in total. The van der Waals surface area contributed by atoms with E-state index in [1.807, 2.05) is 33.8 Å². The number of hydrogen-bond donors (Lipinski definition) is 1. The first-order valence-corrected chi connectivity index (χ1v) is 8.57. The van der Waals surface area contributed by atoms with Crippen LogP contribution in [0.1, 0.15) is 52.5 Å². The van der Waals surface area contributed by atoms with E-state index in [0.717, 1.165) is 19.3 Å². The maximum Gasteiger partial charge on any atom is 0.495 e. The minimum atomic E-state index is -0.693. The van der Waals surface area contributed by atoms with Gasteiger partial charge in [-0.05, 0) is 51.6 Å². The highest BCUT2D eigenvalue weighted by Gasteiger charge is 2.55. The zero-order valence-corrected chi connectivity index (χ0v) is 14.8. The van der Waals surface area contributed by atoms with E-state index in [-0.39, 0.29) is 11.6 Å². The minimum absolute atomic E-state index is 0.0978. The summed E-state index contributed by atoms with van der Waals surface area (Å²) in [4.78, 5) is 23.6. The number of fused-ring (bicyclic) bond motifs is 2. The van der Waals surface area contributed by atoms with Crippen molar-refractivity contribution in [1.29, 1.82) is 0 Å². The molecule has 0 bridgehead atoms. The number of nitro benzene ring substituents is 1. The molecular weight excluding hydrogens is 323 g/mol. The fourth-order valence-electron chi connectivity index (χ4n) is 3.80. The molecule has 3 aliphatic rings. The van der Waals surface area contributed by atoms with Crippen molar-refractivity contribution < 1.29 is 19.0 Å². The van der Waals surface area contributed by atoms with Gasteiger partial charge in [0.15, 0.2) is 0 Å². The summed E-state index contributed by atoms with van der Waals surface area (Å²) < 4.78 is 12.1. The standard InChI is InChI=1S/C17H21BN2O5/c1-15(2)16(3,4)25-18(24-15)10-8-11-13(12(9-10)20(22)23)19-14(21)17(11)6-5-7-17/h8-9H,5-7H2,1-4H3,(H,19,21). The molecule has 0 atom stereocenters. The first kappa shape index (κ1) is 16.5. The number of anilines is 1. The van der Waals surface area contributed by atoms with Gasteiger partial charge in [-0.15, -0.1) is 0 Å². The Hall–Kier alpha value is -1.93. The van der Waals surface area contributed by atoms with E-state index in [2.05, 4.69) is 5.32 Å². The summed E-state index contributed by atoms with van der Waals surface area (Å²) >= 11 is 0. The average Bonchev–Trinajstić information content (AvgIpc) is 2.86. The monoisotopic (exact) mass is 344 g/mol. The van der Waals surface area contributed by atoms with Crippen molar-refractivity contribution in [3.8, 4) is 0 Å². The SMILES string of the molecule is CC1(C)OB(c2cc([N+](=O)[O-])c3c(c2)C2(CCC2)C(=O)N3)OC1(C)C. The second-order valence-electron chi connectivity index (χ2n) is 8.20. The van der Waals surface area contributed by atoms with Gasteiger partial charge in [-0.25, -0.2) is 0 Å². The molecular formula is C17H21BN2O5. The van der Waals surface area contributed by atoms with Crippen LogP contribution in [0.25, 0.3) is 0 Å². The molecule has 2 fully saturated rings. The van der Waals surface area contributed by atoms with E-state index in [1.54, 1.807) is 0 Å². The van der Waals surface area contributed by atoms with E-state index in [1.165, 1.54) is 6.07 Å². The predicted molar refractivity (Wildman–Crippen MR) is 93.0 cm³/mol. The molecule has 1 spiro atoms. The predicted octanol–water partition coefficient (Wildman–Crippen LogP) is 2.27. The Kier molecular flexibility index (Phi) is 3.19. The number of carbonyl (C=O) groups excluding carboxylic acids is 1. The normalized spacial score (nSPS) is 24.8. The van der Waals surface area contributed by atoms with Crippen LogP contribution >= 0.6 is 0 Å². The Morgan fingerprint density at radius 2 is 1.76 bits per heavy atom. The van der Waals surface area contributed by atoms with Crippen LogP contribution < -0.4 is 10.8 Å². The van der Waals surface area contributed by atoms with Gasteiger partial charge in [0.05, 0.1) is 21.5 Å². The molecule has 1 N–H and O–H groups in total. The van der Waals surface area contributed by atoms with Crippen molar-refractivity contribution in [3.63, 3.8) is 0 Å². The highest BCUT2D eigenvalue weighted by molar-refractivity contribution is 6.62. The molecule has 0 aromatic heterocycles. The van der Waals surface area contributed by atoms with Crippen molar-refractivity contribution in [2.75, 3.05) is 5.32 Å². The van der Waals surface area contributed by atoms with Crippen LogP contribution in [0.2, 0.25) is 0 Å². The van der Waals surface area contributed by atoms with Gasteiger partial charge in [0, 0.05) is 6.07 Å². The molecule has 1 amide bonds. The Morgan fingerprint density at radius 3 is 2.24 bits per heavy atom. The summed E-state index contributed by atoms with van der Waals surface area (Å²) in [5, 5.41) is 14.3. The zero-order valence-electron chi connectivity index (χ0n) is 14.8. The van der Waals surface area contributed by atoms with E-state index in [9.17, 15) is 14.9 Å². The van der Waals surface area contributed by atoms with Crippen LogP contribution in [0, 0.1) is 10.1 Å². The molecule has 2 aliphatic heterocycles. The number of carbonyl (C=O) groups is 1. The number of hydrogen-bond acceptors (Lipinski definition) is 5. The van der Waals surface area contributed by atoms with Crippen LogP contribution in [-0.2, 0) is 19.5 Å². The Balaban J connectivity index is 1.83. The summed E-state index contributed by atoms with van der Waals surface area (Å²) in [6.07, 6.45) is 2.38. The molecule has 1 aromatic rings. The van der Waals surface area contributed by atoms with Gasteiger partial charge < -0.3 is 14.6 Å². The number of rotatable bonds is 2. The smallest absolute Gasteiger partial charge is 0.399 e. The average molecular weight is 344 g/mol. The Labute approximate surface area is 146 Å². The Bertz CT molecular complexity index is 784. The minimum Gasteiger partial charge on any atom is -0.399 e. The van der Waals surface area contributed by atoms with E-state index in [4.69, 9.17) is 9.31 Å². The molecule has 1 aliphatic carbocycles. The number of nitro groups is 1. The molecule has 0 unspecified atom stereocenters. The molecule has 1 saturated heterocycles. The fraction of sp³-hybridized carbons (Fsp3) is 0.588. The fourth-order valence-corrected chi connectivity index (χ4v) is 3.80. The molecule has 132 valence electrons. The lowest BCUT2D eigenvalue weighted by Gasteiger charge is -2.36. The quantitative estimate of drug-likeness (QED) is 0.505. The molecule has 1 saturated carbocycles. The third kappa shape index (κ3) is 2.10. The highest BCUT2D eigenvalue weighted by atomic mass is 16.7. The summed E-state index contributed by atoms with van der Waals surface area (Å²) in [5.74, 6) is -0.136. The third-order valence-corrected chi connectivity index (χ3v) is 6.26. The van der Waals surface area contributed by atoms with Crippen LogP contribution in [0.4, 0.5) is 11.4 Å². The maximum atomic E-state index is 12.5. The van der Waals surface area contributed by atoms with E-state index >= 15 is 0 Å². The van der Waals surface area contributed by atoms with Gasteiger partial charge in [0.25, 0.3) is 5.69 Å².